The van der Waals surface area contributed by atoms with Crippen molar-refractivity contribution in [2.75, 3.05) is 19.8 Å². The lowest BCUT2D eigenvalue weighted by Crippen LogP contribution is -2.43. The van der Waals surface area contributed by atoms with E-state index in [1.165, 1.54) is 0 Å². The average Bonchev–Trinajstić information content (AvgIpc) is 3.07. The molecular weight excluding hydrogens is 278 g/mol. The van der Waals surface area contributed by atoms with Crippen molar-refractivity contribution in [2.45, 2.75) is 19.9 Å². The summed E-state index contributed by atoms with van der Waals surface area (Å²) in [6, 6.07) is 1.49. The van der Waals surface area contributed by atoms with Crippen LogP contribution in [0.4, 0.5) is 0 Å². The van der Waals surface area contributed by atoms with E-state index < -0.39 is 0 Å². The summed E-state index contributed by atoms with van der Waals surface area (Å²) in [6.07, 6.45) is 0. The number of hydrogen-bond acceptors (Lipinski definition) is 6. The van der Waals surface area contributed by atoms with Crippen LogP contribution in [0.3, 0.4) is 0 Å². The molecule has 1 amide bonds. The number of nitrogens with zero attached hydrogens (tertiary/aromatic N) is 3. The third kappa shape index (κ3) is 2.46. The first-order valence-electron chi connectivity index (χ1n) is 6.39. The molecular formula is C13H15N3O3S. The maximum Gasteiger partial charge on any atom is 0.293 e. The maximum atomic E-state index is 12.5. The Labute approximate surface area is 120 Å². The fourth-order valence-corrected chi connectivity index (χ4v) is 2.89. The normalized spacial score (nSPS) is 19.3. The van der Waals surface area contributed by atoms with Gasteiger partial charge in [-0.1, -0.05) is 5.16 Å². The summed E-state index contributed by atoms with van der Waals surface area (Å²) in [4.78, 5) is 18.7. The average molecular weight is 293 g/mol. The highest BCUT2D eigenvalue weighted by molar-refractivity contribution is 7.09. The van der Waals surface area contributed by atoms with E-state index in [9.17, 15) is 4.79 Å². The van der Waals surface area contributed by atoms with Crippen LogP contribution < -0.4 is 0 Å². The number of aromatic nitrogens is 2. The Morgan fingerprint density at radius 2 is 2.35 bits per heavy atom. The zero-order valence-corrected chi connectivity index (χ0v) is 12.1. The zero-order valence-electron chi connectivity index (χ0n) is 11.3. The van der Waals surface area contributed by atoms with E-state index in [4.69, 9.17) is 9.26 Å². The van der Waals surface area contributed by atoms with Crippen molar-refractivity contribution in [3.8, 4) is 0 Å². The Hall–Kier alpha value is -1.73. The maximum absolute atomic E-state index is 12.5. The van der Waals surface area contributed by atoms with Crippen LogP contribution in [-0.4, -0.2) is 40.7 Å². The second kappa shape index (κ2) is 5.34. The summed E-state index contributed by atoms with van der Waals surface area (Å²) in [5.74, 6) is 0.103. The van der Waals surface area contributed by atoms with Crippen LogP contribution in [0.15, 0.2) is 16.0 Å². The van der Waals surface area contributed by atoms with Gasteiger partial charge in [-0.3, -0.25) is 4.79 Å². The summed E-state index contributed by atoms with van der Waals surface area (Å²) >= 11 is 1.57. The Kier molecular flexibility index (Phi) is 3.54. The van der Waals surface area contributed by atoms with Crippen LogP contribution in [0.1, 0.15) is 33.0 Å². The SMILES string of the molecule is Cc1cc(C(=O)N2CCOCC2c2csc(C)n2)on1. The van der Waals surface area contributed by atoms with Crippen molar-refractivity contribution >= 4 is 17.2 Å². The van der Waals surface area contributed by atoms with Crippen molar-refractivity contribution in [3.63, 3.8) is 0 Å². The van der Waals surface area contributed by atoms with Gasteiger partial charge >= 0.3 is 0 Å². The first kappa shape index (κ1) is 13.3. The minimum Gasteiger partial charge on any atom is -0.377 e. The van der Waals surface area contributed by atoms with Gasteiger partial charge in [-0.15, -0.1) is 11.3 Å². The van der Waals surface area contributed by atoms with Crippen molar-refractivity contribution < 1.29 is 14.1 Å². The minimum atomic E-state index is -0.162. The molecule has 20 heavy (non-hydrogen) atoms. The monoisotopic (exact) mass is 293 g/mol. The molecule has 2 aromatic rings. The number of thiazole rings is 1. The van der Waals surface area contributed by atoms with Gasteiger partial charge in [-0.05, 0) is 13.8 Å². The molecule has 0 bridgehead atoms. The van der Waals surface area contributed by atoms with Gasteiger partial charge in [-0.25, -0.2) is 4.98 Å². The van der Waals surface area contributed by atoms with Gasteiger partial charge in [-0.2, -0.15) is 0 Å². The molecule has 3 heterocycles. The molecule has 3 rings (SSSR count). The number of amides is 1. The number of carbonyl (C=O) groups excluding carboxylic acids is 1. The predicted octanol–water partition coefficient (Wildman–Crippen LogP) is 1.96. The summed E-state index contributed by atoms with van der Waals surface area (Å²) in [6.45, 7) is 5.25. The quantitative estimate of drug-likeness (QED) is 0.846. The van der Waals surface area contributed by atoms with E-state index in [1.54, 1.807) is 29.2 Å². The molecule has 1 unspecified atom stereocenters. The second-order valence-corrected chi connectivity index (χ2v) is 5.78. The number of carbonyl (C=O) groups is 1. The molecule has 6 nitrogen and oxygen atoms in total. The molecule has 0 saturated carbocycles. The van der Waals surface area contributed by atoms with Gasteiger partial charge < -0.3 is 14.2 Å². The van der Waals surface area contributed by atoms with Crippen LogP contribution in [0.2, 0.25) is 0 Å². The largest absolute Gasteiger partial charge is 0.377 e. The lowest BCUT2D eigenvalue weighted by molar-refractivity contribution is -0.00569. The highest BCUT2D eigenvalue weighted by Crippen LogP contribution is 2.27. The highest BCUT2D eigenvalue weighted by Gasteiger charge is 2.32. The zero-order chi connectivity index (χ0) is 14.1. The van der Waals surface area contributed by atoms with Crippen molar-refractivity contribution in [3.05, 3.63) is 33.6 Å². The summed E-state index contributed by atoms with van der Waals surface area (Å²) < 4.78 is 10.6. The predicted molar refractivity (Wildman–Crippen MR) is 72.7 cm³/mol. The summed E-state index contributed by atoms with van der Waals surface area (Å²) in [5, 5.41) is 6.72. The number of ether oxygens (including phenoxy) is 1. The number of morpholine rings is 1. The number of aryl methyl sites for hydroxylation is 2. The lowest BCUT2D eigenvalue weighted by Gasteiger charge is -2.33. The van der Waals surface area contributed by atoms with Gasteiger partial charge in [0.25, 0.3) is 5.91 Å². The van der Waals surface area contributed by atoms with Crippen LogP contribution in [0.5, 0.6) is 0 Å². The Morgan fingerprint density at radius 3 is 3.00 bits per heavy atom. The number of rotatable bonds is 2. The second-order valence-electron chi connectivity index (χ2n) is 4.71. The van der Waals surface area contributed by atoms with Crippen LogP contribution in [0, 0.1) is 13.8 Å². The van der Waals surface area contributed by atoms with Crippen LogP contribution in [-0.2, 0) is 4.74 Å². The molecule has 106 valence electrons. The first-order chi connectivity index (χ1) is 9.65. The lowest BCUT2D eigenvalue weighted by atomic mass is 10.1. The third-order valence-corrected chi connectivity index (χ3v) is 4.00. The molecule has 0 aromatic carbocycles. The molecule has 1 aliphatic rings. The first-order valence-corrected chi connectivity index (χ1v) is 7.27. The van der Waals surface area contributed by atoms with E-state index >= 15 is 0 Å². The standard InChI is InChI=1S/C13H15N3O3S/c1-8-5-12(19-15-8)13(17)16-3-4-18-6-11(16)10-7-20-9(2)14-10/h5,7,11H,3-4,6H2,1-2H3. The van der Waals surface area contributed by atoms with Gasteiger partial charge in [0.2, 0.25) is 5.76 Å². The molecule has 1 saturated heterocycles. The molecule has 0 spiro atoms. The minimum absolute atomic E-state index is 0.161. The van der Waals surface area contributed by atoms with E-state index in [0.29, 0.717) is 25.5 Å². The van der Waals surface area contributed by atoms with Gasteiger partial charge in [0.1, 0.15) is 0 Å². The van der Waals surface area contributed by atoms with Crippen molar-refractivity contribution in [1.82, 2.24) is 15.0 Å². The Bertz CT molecular complexity index is 622. The highest BCUT2D eigenvalue weighted by atomic mass is 32.1. The third-order valence-electron chi connectivity index (χ3n) is 3.21. The molecule has 1 atom stereocenters. The van der Waals surface area contributed by atoms with Gasteiger partial charge in [0.15, 0.2) is 0 Å². The Balaban J connectivity index is 1.87. The van der Waals surface area contributed by atoms with Crippen molar-refractivity contribution in [2.24, 2.45) is 0 Å². The number of hydrogen-bond donors (Lipinski definition) is 0. The molecule has 1 fully saturated rings. The van der Waals surface area contributed by atoms with Gasteiger partial charge in [0.05, 0.1) is 35.7 Å². The fourth-order valence-electron chi connectivity index (χ4n) is 2.23. The summed E-state index contributed by atoms with van der Waals surface area (Å²) in [5.41, 5.74) is 1.57. The molecule has 0 radical (unpaired) electrons. The van der Waals surface area contributed by atoms with E-state index in [2.05, 4.69) is 10.1 Å². The van der Waals surface area contributed by atoms with Gasteiger partial charge in [0, 0.05) is 18.0 Å². The Morgan fingerprint density at radius 1 is 1.50 bits per heavy atom. The van der Waals surface area contributed by atoms with E-state index in [1.807, 2.05) is 12.3 Å². The molecule has 7 heteroatoms. The van der Waals surface area contributed by atoms with Crippen LogP contribution in [0.25, 0.3) is 0 Å². The van der Waals surface area contributed by atoms with Crippen molar-refractivity contribution in [1.29, 1.82) is 0 Å². The molecule has 2 aromatic heterocycles. The smallest absolute Gasteiger partial charge is 0.293 e. The topological polar surface area (TPSA) is 68.5 Å². The molecule has 1 aliphatic heterocycles. The van der Waals surface area contributed by atoms with E-state index in [-0.39, 0.29) is 17.7 Å². The van der Waals surface area contributed by atoms with E-state index in [0.717, 1.165) is 10.7 Å². The van der Waals surface area contributed by atoms with Crippen LogP contribution >= 0.6 is 11.3 Å². The molecule has 0 aliphatic carbocycles. The summed E-state index contributed by atoms with van der Waals surface area (Å²) in [7, 11) is 0. The molecule has 0 N–H and O–H groups in total. The fraction of sp³-hybridized carbons (Fsp3) is 0.462.